The van der Waals surface area contributed by atoms with Gasteiger partial charge in [-0.25, -0.2) is 0 Å². The van der Waals surface area contributed by atoms with Crippen molar-refractivity contribution in [1.82, 2.24) is 10.2 Å². The third kappa shape index (κ3) is 4.10. The average Bonchev–Trinajstić information content (AvgIpc) is 2.47. The van der Waals surface area contributed by atoms with Crippen LogP contribution in [-0.4, -0.2) is 43.1 Å². The quantitative estimate of drug-likeness (QED) is 0.927. The van der Waals surface area contributed by atoms with E-state index in [0.29, 0.717) is 26.2 Å². The highest BCUT2D eigenvalue weighted by Crippen LogP contribution is 2.31. The average molecular weight is 302 g/mol. The van der Waals surface area contributed by atoms with Crippen molar-refractivity contribution < 1.29 is 22.7 Å². The van der Waals surface area contributed by atoms with Crippen LogP contribution in [0.5, 0.6) is 5.75 Å². The number of alkyl halides is 3. The fourth-order valence-electron chi connectivity index (χ4n) is 2.14. The molecule has 116 valence electrons. The summed E-state index contributed by atoms with van der Waals surface area (Å²) in [6.07, 6.45) is -5.24. The Hall–Kier alpha value is -1.76. The molecule has 0 spiro atoms. The van der Waals surface area contributed by atoms with Gasteiger partial charge in [0.15, 0.2) is 6.10 Å². The normalized spacial score (nSPS) is 17.4. The molecule has 0 aliphatic carbocycles. The van der Waals surface area contributed by atoms with E-state index in [0.717, 1.165) is 12.1 Å². The van der Waals surface area contributed by atoms with Gasteiger partial charge in [0.05, 0.1) is 5.56 Å². The molecule has 1 aromatic carbocycles. The summed E-state index contributed by atoms with van der Waals surface area (Å²) in [4.78, 5) is 13.8. The summed E-state index contributed by atoms with van der Waals surface area (Å²) >= 11 is 0. The van der Waals surface area contributed by atoms with Crippen molar-refractivity contribution in [3.8, 4) is 5.75 Å². The van der Waals surface area contributed by atoms with Gasteiger partial charge in [0.2, 0.25) is 0 Å². The van der Waals surface area contributed by atoms with Gasteiger partial charge in [-0.1, -0.05) is 6.07 Å². The summed E-state index contributed by atoms with van der Waals surface area (Å²) in [6, 6.07) is 4.55. The molecule has 7 heteroatoms. The van der Waals surface area contributed by atoms with E-state index in [9.17, 15) is 18.0 Å². The second-order valence-electron chi connectivity index (χ2n) is 4.86. The van der Waals surface area contributed by atoms with Gasteiger partial charge in [-0.05, 0) is 25.1 Å². The number of benzene rings is 1. The molecule has 0 saturated carbocycles. The van der Waals surface area contributed by atoms with Crippen LogP contribution in [0.25, 0.3) is 0 Å². The molecule has 1 amide bonds. The molecule has 1 aliphatic heterocycles. The van der Waals surface area contributed by atoms with Gasteiger partial charge in [-0.3, -0.25) is 4.79 Å². The maximum Gasteiger partial charge on any atom is 0.416 e. The van der Waals surface area contributed by atoms with E-state index in [1.54, 1.807) is 11.8 Å². The van der Waals surface area contributed by atoms with Crippen LogP contribution < -0.4 is 10.1 Å². The Morgan fingerprint density at radius 1 is 1.33 bits per heavy atom. The van der Waals surface area contributed by atoms with Crippen LogP contribution >= 0.6 is 0 Å². The standard InChI is InChI=1S/C14H17F3N2O2/c1-10(13(20)19-7-5-18-6-8-19)21-12-4-2-3-11(9-12)14(15,16)17/h2-4,9-10,18H,5-8H2,1H3. The van der Waals surface area contributed by atoms with Gasteiger partial charge in [0.1, 0.15) is 5.75 Å². The smallest absolute Gasteiger partial charge is 0.416 e. The first-order valence-corrected chi connectivity index (χ1v) is 6.71. The van der Waals surface area contributed by atoms with Gasteiger partial charge in [0.25, 0.3) is 5.91 Å². The molecule has 0 bridgehead atoms. The first-order chi connectivity index (χ1) is 9.88. The zero-order valence-corrected chi connectivity index (χ0v) is 11.6. The Morgan fingerprint density at radius 3 is 2.62 bits per heavy atom. The van der Waals surface area contributed by atoms with Gasteiger partial charge < -0.3 is 15.0 Å². The molecule has 2 rings (SSSR count). The van der Waals surface area contributed by atoms with Crippen LogP contribution in [0.2, 0.25) is 0 Å². The number of hydrogen-bond acceptors (Lipinski definition) is 3. The van der Waals surface area contributed by atoms with Crippen molar-refractivity contribution in [2.45, 2.75) is 19.2 Å². The zero-order valence-electron chi connectivity index (χ0n) is 11.6. The second kappa shape index (κ2) is 6.34. The molecule has 1 aliphatic rings. The second-order valence-corrected chi connectivity index (χ2v) is 4.86. The van der Waals surface area contributed by atoms with Crippen LogP contribution in [0.4, 0.5) is 13.2 Å². The lowest BCUT2D eigenvalue weighted by Gasteiger charge is -2.29. The molecule has 1 N–H and O–H groups in total. The molecule has 0 radical (unpaired) electrons. The number of rotatable bonds is 3. The number of hydrogen-bond donors (Lipinski definition) is 1. The van der Waals surface area contributed by atoms with Crippen LogP contribution in [0.1, 0.15) is 12.5 Å². The largest absolute Gasteiger partial charge is 0.481 e. The van der Waals surface area contributed by atoms with Crippen molar-refractivity contribution in [3.63, 3.8) is 0 Å². The third-order valence-corrected chi connectivity index (χ3v) is 3.25. The van der Waals surface area contributed by atoms with E-state index in [2.05, 4.69) is 5.32 Å². The molecule has 1 saturated heterocycles. The third-order valence-electron chi connectivity index (χ3n) is 3.25. The first-order valence-electron chi connectivity index (χ1n) is 6.71. The molecule has 4 nitrogen and oxygen atoms in total. The van der Waals surface area contributed by atoms with Gasteiger partial charge >= 0.3 is 6.18 Å². The topological polar surface area (TPSA) is 41.6 Å². The van der Waals surface area contributed by atoms with E-state index in [1.165, 1.54) is 12.1 Å². The molecular weight excluding hydrogens is 285 g/mol. The van der Waals surface area contributed by atoms with Crippen LogP contribution in [-0.2, 0) is 11.0 Å². The fourth-order valence-corrected chi connectivity index (χ4v) is 2.14. The van der Waals surface area contributed by atoms with Gasteiger partial charge in [0, 0.05) is 26.2 Å². The van der Waals surface area contributed by atoms with E-state index in [1.807, 2.05) is 0 Å². The Balaban J connectivity index is 2.02. The lowest BCUT2D eigenvalue weighted by molar-refractivity contribution is -0.138. The molecule has 1 heterocycles. The molecule has 0 aromatic heterocycles. The van der Waals surface area contributed by atoms with E-state index < -0.39 is 17.8 Å². The number of ether oxygens (including phenoxy) is 1. The number of carbonyl (C=O) groups is 1. The van der Waals surface area contributed by atoms with Crippen LogP contribution in [0.3, 0.4) is 0 Å². The van der Waals surface area contributed by atoms with Crippen molar-refractivity contribution in [2.24, 2.45) is 0 Å². The maximum absolute atomic E-state index is 12.6. The number of carbonyl (C=O) groups excluding carboxylic acids is 1. The Bertz CT molecular complexity index is 499. The minimum atomic E-state index is -4.43. The lowest BCUT2D eigenvalue weighted by Crippen LogP contribution is -2.50. The minimum Gasteiger partial charge on any atom is -0.481 e. The SMILES string of the molecule is CC(Oc1cccc(C(F)(F)F)c1)C(=O)N1CCNCC1. The van der Waals surface area contributed by atoms with Gasteiger partial charge in [-0.15, -0.1) is 0 Å². The number of piperazine rings is 1. The summed E-state index contributed by atoms with van der Waals surface area (Å²) in [5.74, 6) is -0.172. The monoisotopic (exact) mass is 302 g/mol. The first kappa shape index (κ1) is 15.6. The maximum atomic E-state index is 12.6. The highest BCUT2D eigenvalue weighted by Gasteiger charge is 2.31. The predicted octanol–water partition coefficient (Wildman–Crippen LogP) is 1.90. The molecule has 1 unspecified atom stereocenters. The number of halogens is 3. The fraction of sp³-hybridized carbons (Fsp3) is 0.500. The Labute approximate surface area is 120 Å². The van der Waals surface area contributed by atoms with Gasteiger partial charge in [-0.2, -0.15) is 13.2 Å². The molecule has 1 fully saturated rings. The highest BCUT2D eigenvalue weighted by atomic mass is 19.4. The van der Waals surface area contributed by atoms with Crippen molar-refractivity contribution >= 4 is 5.91 Å². The summed E-state index contributed by atoms with van der Waals surface area (Å²) < 4.78 is 43.2. The number of amides is 1. The molecule has 1 aromatic rings. The van der Waals surface area contributed by atoms with E-state index in [-0.39, 0.29) is 11.7 Å². The molecular formula is C14H17F3N2O2. The van der Waals surface area contributed by atoms with E-state index in [4.69, 9.17) is 4.74 Å². The summed E-state index contributed by atoms with van der Waals surface area (Å²) in [7, 11) is 0. The molecule has 21 heavy (non-hydrogen) atoms. The van der Waals surface area contributed by atoms with Crippen LogP contribution in [0, 0.1) is 0 Å². The Kier molecular flexibility index (Phi) is 4.72. The van der Waals surface area contributed by atoms with Crippen molar-refractivity contribution in [2.75, 3.05) is 26.2 Å². The number of nitrogens with zero attached hydrogens (tertiary/aromatic N) is 1. The predicted molar refractivity (Wildman–Crippen MR) is 71.0 cm³/mol. The summed E-state index contributed by atoms with van der Waals surface area (Å²) in [5.41, 5.74) is -0.790. The van der Waals surface area contributed by atoms with Crippen molar-refractivity contribution in [3.05, 3.63) is 29.8 Å². The lowest BCUT2D eigenvalue weighted by atomic mass is 10.2. The molecule has 1 atom stereocenters. The summed E-state index contributed by atoms with van der Waals surface area (Å²) in [6.45, 7) is 4.12. The minimum absolute atomic E-state index is 0.0424. The number of nitrogens with one attached hydrogen (secondary N) is 1. The van der Waals surface area contributed by atoms with Crippen LogP contribution in [0.15, 0.2) is 24.3 Å². The highest BCUT2D eigenvalue weighted by molar-refractivity contribution is 5.81. The Morgan fingerprint density at radius 2 is 2.00 bits per heavy atom. The van der Waals surface area contributed by atoms with Crippen molar-refractivity contribution in [1.29, 1.82) is 0 Å². The summed E-state index contributed by atoms with van der Waals surface area (Å²) in [5, 5.41) is 3.12. The van der Waals surface area contributed by atoms with E-state index >= 15 is 0 Å². The zero-order chi connectivity index (χ0) is 15.5.